The van der Waals surface area contributed by atoms with Gasteiger partial charge in [-0.3, -0.25) is 9.59 Å². The summed E-state index contributed by atoms with van der Waals surface area (Å²) in [7, 11) is 0. The van der Waals surface area contributed by atoms with Gasteiger partial charge < -0.3 is 15.7 Å². The minimum absolute atomic E-state index is 0.0786. The zero-order valence-electron chi connectivity index (χ0n) is 12.1. The quantitative estimate of drug-likeness (QED) is 0.675. The van der Waals surface area contributed by atoms with E-state index in [0.29, 0.717) is 23.7 Å². The van der Waals surface area contributed by atoms with Crippen LogP contribution < -0.4 is 10.6 Å². The number of anilines is 1. The number of nitrogens with one attached hydrogen (secondary N) is 2. The lowest BCUT2D eigenvalue weighted by Gasteiger charge is -2.15. The molecule has 0 heterocycles. The van der Waals surface area contributed by atoms with Crippen molar-refractivity contribution in [1.82, 2.24) is 5.32 Å². The minimum atomic E-state index is -0.725. The Bertz CT molecular complexity index is 474. The Morgan fingerprint density at radius 1 is 1.29 bits per heavy atom. The summed E-state index contributed by atoms with van der Waals surface area (Å²) in [5.74, 6) is -1.23. The number of benzene rings is 1. The molecule has 5 nitrogen and oxygen atoms in total. The second-order valence-corrected chi connectivity index (χ2v) is 5.28. The SMILES string of the molecule is CCCC(CCO)CNC(=O)C(=O)Nc1cccc(Cl)c1. The Hall–Kier alpha value is -1.59. The summed E-state index contributed by atoms with van der Waals surface area (Å²) < 4.78 is 0. The van der Waals surface area contributed by atoms with Gasteiger partial charge in [0.2, 0.25) is 0 Å². The van der Waals surface area contributed by atoms with Gasteiger partial charge in [0, 0.05) is 23.9 Å². The van der Waals surface area contributed by atoms with Crippen molar-refractivity contribution in [3.63, 3.8) is 0 Å². The molecule has 1 rings (SSSR count). The zero-order valence-corrected chi connectivity index (χ0v) is 12.8. The highest BCUT2D eigenvalue weighted by Crippen LogP contribution is 2.14. The molecule has 116 valence electrons. The van der Waals surface area contributed by atoms with Crippen LogP contribution in [0.3, 0.4) is 0 Å². The number of hydrogen-bond acceptors (Lipinski definition) is 3. The summed E-state index contributed by atoms with van der Waals surface area (Å²) in [4.78, 5) is 23.5. The standard InChI is InChI=1S/C15H21ClN2O3/c1-2-4-11(7-8-19)10-17-14(20)15(21)18-13-6-3-5-12(16)9-13/h3,5-6,9,11,19H,2,4,7-8,10H2,1H3,(H,17,20)(H,18,21). The van der Waals surface area contributed by atoms with E-state index in [1.54, 1.807) is 24.3 Å². The maximum atomic E-state index is 11.7. The van der Waals surface area contributed by atoms with Crippen LogP contribution in [-0.4, -0.2) is 30.1 Å². The van der Waals surface area contributed by atoms with Gasteiger partial charge in [-0.1, -0.05) is 31.0 Å². The van der Waals surface area contributed by atoms with Crippen LogP contribution in [0.4, 0.5) is 5.69 Å². The number of hydrogen-bond donors (Lipinski definition) is 3. The van der Waals surface area contributed by atoms with Gasteiger partial charge in [-0.25, -0.2) is 0 Å². The van der Waals surface area contributed by atoms with Crippen molar-refractivity contribution in [3.8, 4) is 0 Å². The first-order valence-corrected chi connectivity index (χ1v) is 7.40. The fraction of sp³-hybridized carbons (Fsp3) is 0.467. The number of carbonyl (C=O) groups is 2. The predicted molar refractivity (Wildman–Crippen MR) is 83.2 cm³/mol. The number of halogens is 1. The number of carbonyl (C=O) groups excluding carboxylic acids is 2. The van der Waals surface area contributed by atoms with E-state index in [-0.39, 0.29) is 12.5 Å². The summed E-state index contributed by atoms with van der Waals surface area (Å²) in [6.45, 7) is 2.50. The Kier molecular flexibility index (Phi) is 7.79. The Labute approximate surface area is 129 Å². The molecule has 0 saturated heterocycles. The summed E-state index contributed by atoms with van der Waals surface area (Å²) in [5.41, 5.74) is 0.475. The average Bonchev–Trinajstić information content (AvgIpc) is 2.45. The van der Waals surface area contributed by atoms with Crippen LogP contribution >= 0.6 is 11.6 Å². The molecule has 21 heavy (non-hydrogen) atoms. The van der Waals surface area contributed by atoms with E-state index in [0.717, 1.165) is 12.8 Å². The van der Waals surface area contributed by atoms with Gasteiger partial charge in [-0.05, 0) is 37.0 Å². The molecule has 0 radical (unpaired) electrons. The lowest BCUT2D eigenvalue weighted by molar-refractivity contribution is -0.136. The van der Waals surface area contributed by atoms with Gasteiger partial charge >= 0.3 is 11.8 Å². The lowest BCUT2D eigenvalue weighted by atomic mass is 10.0. The van der Waals surface area contributed by atoms with Crippen molar-refractivity contribution >= 4 is 29.1 Å². The summed E-state index contributed by atoms with van der Waals surface area (Å²) in [6, 6.07) is 6.59. The number of amides is 2. The molecule has 0 aromatic heterocycles. The van der Waals surface area contributed by atoms with Crippen LogP contribution in [0.5, 0.6) is 0 Å². The highest BCUT2D eigenvalue weighted by atomic mass is 35.5. The maximum Gasteiger partial charge on any atom is 0.313 e. The van der Waals surface area contributed by atoms with E-state index in [1.807, 2.05) is 6.92 Å². The van der Waals surface area contributed by atoms with Crippen molar-refractivity contribution in [3.05, 3.63) is 29.3 Å². The van der Waals surface area contributed by atoms with E-state index in [4.69, 9.17) is 16.7 Å². The number of aliphatic hydroxyl groups excluding tert-OH is 1. The first kappa shape index (κ1) is 17.5. The topological polar surface area (TPSA) is 78.4 Å². The number of aliphatic hydroxyl groups is 1. The summed E-state index contributed by atoms with van der Waals surface area (Å²) in [5, 5.41) is 14.5. The van der Waals surface area contributed by atoms with Gasteiger partial charge in [0.15, 0.2) is 0 Å². The van der Waals surface area contributed by atoms with Crippen molar-refractivity contribution in [2.45, 2.75) is 26.2 Å². The third-order valence-corrected chi connectivity index (χ3v) is 3.31. The fourth-order valence-corrected chi connectivity index (χ4v) is 2.20. The highest BCUT2D eigenvalue weighted by molar-refractivity contribution is 6.39. The molecule has 0 bridgehead atoms. The molecule has 1 atom stereocenters. The van der Waals surface area contributed by atoms with E-state index in [1.165, 1.54) is 0 Å². The molecule has 0 fully saturated rings. The van der Waals surface area contributed by atoms with Crippen molar-refractivity contribution in [2.24, 2.45) is 5.92 Å². The van der Waals surface area contributed by atoms with Crippen LogP contribution in [-0.2, 0) is 9.59 Å². The Morgan fingerprint density at radius 2 is 2.05 bits per heavy atom. The monoisotopic (exact) mass is 312 g/mol. The van der Waals surface area contributed by atoms with Crippen molar-refractivity contribution in [1.29, 1.82) is 0 Å². The maximum absolute atomic E-state index is 11.7. The second-order valence-electron chi connectivity index (χ2n) is 4.84. The van der Waals surface area contributed by atoms with E-state index in [9.17, 15) is 9.59 Å². The van der Waals surface area contributed by atoms with Crippen LogP contribution in [0.25, 0.3) is 0 Å². The van der Waals surface area contributed by atoms with E-state index >= 15 is 0 Å². The zero-order chi connectivity index (χ0) is 15.7. The molecule has 0 spiro atoms. The van der Waals surface area contributed by atoms with Crippen molar-refractivity contribution in [2.75, 3.05) is 18.5 Å². The van der Waals surface area contributed by atoms with Gasteiger partial charge in [-0.15, -0.1) is 0 Å². The normalized spacial score (nSPS) is 11.8. The van der Waals surface area contributed by atoms with Crippen LogP contribution in [0, 0.1) is 5.92 Å². The third-order valence-electron chi connectivity index (χ3n) is 3.07. The number of rotatable bonds is 7. The lowest BCUT2D eigenvalue weighted by Crippen LogP contribution is -2.38. The minimum Gasteiger partial charge on any atom is -0.396 e. The van der Waals surface area contributed by atoms with Gasteiger partial charge in [-0.2, -0.15) is 0 Å². The van der Waals surface area contributed by atoms with Crippen LogP contribution in [0.15, 0.2) is 24.3 Å². The predicted octanol–water partition coefficient (Wildman–Crippen LogP) is 2.19. The molecular formula is C15H21ClN2O3. The average molecular weight is 313 g/mol. The molecule has 1 aromatic rings. The van der Waals surface area contributed by atoms with Gasteiger partial charge in [0.25, 0.3) is 0 Å². The molecule has 1 aromatic carbocycles. The first-order chi connectivity index (χ1) is 10.1. The summed E-state index contributed by atoms with van der Waals surface area (Å²) in [6.07, 6.45) is 2.48. The molecular weight excluding hydrogens is 292 g/mol. The van der Waals surface area contributed by atoms with Crippen LogP contribution in [0.2, 0.25) is 5.02 Å². The fourth-order valence-electron chi connectivity index (χ4n) is 2.01. The smallest absolute Gasteiger partial charge is 0.313 e. The van der Waals surface area contributed by atoms with E-state index in [2.05, 4.69) is 10.6 Å². The largest absolute Gasteiger partial charge is 0.396 e. The molecule has 0 aliphatic carbocycles. The Balaban J connectivity index is 2.45. The Morgan fingerprint density at radius 3 is 2.67 bits per heavy atom. The molecule has 6 heteroatoms. The molecule has 3 N–H and O–H groups in total. The molecule has 0 saturated carbocycles. The second kappa shape index (κ2) is 9.37. The third kappa shape index (κ3) is 6.60. The van der Waals surface area contributed by atoms with Crippen LogP contribution in [0.1, 0.15) is 26.2 Å². The van der Waals surface area contributed by atoms with Gasteiger partial charge in [0.1, 0.15) is 0 Å². The molecule has 0 aliphatic heterocycles. The van der Waals surface area contributed by atoms with Crippen molar-refractivity contribution < 1.29 is 14.7 Å². The van der Waals surface area contributed by atoms with Gasteiger partial charge in [0.05, 0.1) is 0 Å². The highest BCUT2D eigenvalue weighted by Gasteiger charge is 2.15. The molecule has 2 amide bonds. The summed E-state index contributed by atoms with van der Waals surface area (Å²) >= 11 is 5.80. The first-order valence-electron chi connectivity index (χ1n) is 7.02. The molecule has 1 unspecified atom stereocenters. The molecule has 0 aliphatic rings. The van der Waals surface area contributed by atoms with E-state index < -0.39 is 11.8 Å².